The van der Waals surface area contributed by atoms with Gasteiger partial charge in [0.05, 0.1) is 10.5 Å². The maximum Gasteiger partial charge on any atom is 0.139 e. The first-order chi connectivity index (χ1) is 9.54. The molecule has 0 saturated heterocycles. The largest absolute Gasteiger partial charge is 0.508 e. The first kappa shape index (κ1) is 13.4. The molecule has 0 fully saturated rings. The van der Waals surface area contributed by atoms with E-state index in [1.807, 2.05) is 19.1 Å². The van der Waals surface area contributed by atoms with Crippen LogP contribution in [0.25, 0.3) is 0 Å². The lowest BCUT2D eigenvalue weighted by Crippen LogP contribution is -2.08. The number of hydrogen-bond donors (Lipinski definition) is 2. The maximum atomic E-state index is 13.7. The summed E-state index contributed by atoms with van der Waals surface area (Å²) in [4.78, 5) is 0. The number of halogens is 2. The molecule has 4 heteroatoms. The summed E-state index contributed by atoms with van der Waals surface area (Å²) < 4.78 is 14.1. The van der Waals surface area contributed by atoms with E-state index >= 15 is 0 Å². The monoisotopic (exact) mass is 335 g/mol. The van der Waals surface area contributed by atoms with E-state index in [1.54, 1.807) is 12.1 Å². The quantitative estimate of drug-likeness (QED) is 0.833. The van der Waals surface area contributed by atoms with Gasteiger partial charge in [-0.2, -0.15) is 0 Å². The molecule has 2 nitrogen and oxygen atoms in total. The van der Waals surface area contributed by atoms with Crippen molar-refractivity contribution >= 4 is 21.6 Å². The van der Waals surface area contributed by atoms with Crippen LogP contribution in [0.4, 0.5) is 10.1 Å². The lowest BCUT2D eigenvalue weighted by atomic mass is 10.1. The zero-order valence-corrected chi connectivity index (χ0v) is 12.7. The molecule has 0 saturated carbocycles. The van der Waals surface area contributed by atoms with Crippen LogP contribution in [0.5, 0.6) is 5.75 Å². The molecule has 0 heterocycles. The molecule has 1 atom stereocenters. The Bertz CT molecular complexity index is 672. The average molecular weight is 336 g/mol. The number of aryl methyl sites for hydroxylation is 2. The zero-order chi connectivity index (χ0) is 14.3. The topological polar surface area (TPSA) is 32.3 Å². The van der Waals surface area contributed by atoms with Gasteiger partial charge in [0.25, 0.3) is 0 Å². The molecule has 20 heavy (non-hydrogen) atoms. The Hall–Kier alpha value is -1.55. The summed E-state index contributed by atoms with van der Waals surface area (Å²) in [5.41, 5.74) is 4.17. The van der Waals surface area contributed by atoms with Gasteiger partial charge in [-0.15, -0.1) is 0 Å². The number of aromatic hydroxyl groups is 1. The lowest BCUT2D eigenvalue weighted by molar-refractivity contribution is 0.474. The summed E-state index contributed by atoms with van der Waals surface area (Å²) in [6, 6.07) is 8.94. The number of anilines is 1. The molecule has 1 aliphatic carbocycles. The van der Waals surface area contributed by atoms with Crippen LogP contribution >= 0.6 is 15.9 Å². The first-order valence-corrected chi connectivity index (χ1v) is 7.38. The third-order valence-corrected chi connectivity index (χ3v) is 4.41. The van der Waals surface area contributed by atoms with E-state index < -0.39 is 0 Å². The summed E-state index contributed by atoms with van der Waals surface area (Å²) in [6.07, 6.45) is 1.88. The predicted octanol–water partition coefficient (Wildman–Crippen LogP) is 4.70. The molecule has 1 unspecified atom stereocenters. The third kappa shape index (κ3) is 2.40. The number of rotatable bonds is 2. The third-order valence-electron chi connectivity index (χ3n) is 3.80. The van der Waals surface area contributed by atoms with Crippen molar-refractivity contribution in [2.24, 2.45) is 0 Å². The van der Waals surface area contributed by atoms with Crippen molar-refractivity contribution in [1.29, 1.82) is 0 Å². The highest BCUT2D eigenvalue weighted by Crippen LogP contribution is 2.36. The van der Waals surface area contributed by atoms with Crippen molar-refractivity contribution in [3.05, 3.63) is 57.3 Å². The van der Waals surface area contributed by atoms with Crippen molar-refractivity contribution < 1.29 is 9.50 Å². The van der Waals surface area contributed by atoms with Crippen LogP contribution in [-0.4, -0.2) is 5.11 Å². The summed E-state index contributed by atoms with van der Waals surface area (Å²) in [5.74, 6) is 0.0392. The van der Waals surface area contributed by atoms with E-state index in [9.17, 15) is 9.50 Å². The minimum atomic E-state index is -0.262. The maximum absolute atomic E-state index is 13.7. The highest BCUT2D eigenvalue weighted by molar-refractivity contribution is 9.10. The minimum Gasteiger partial charge on any atom is -0.508 e. The fourth-order valence-corrected chi connectivity index (χ4v) is 3.20. The van der Waals surface area contributed by atoms with E-state index in [0.29, 0.717) is 10.2 Å². The summed E-state index contributed by atoms with van der Waals surface area (Å²) in [6.45, 7) is 1.96. The van der Waals surface area contributed by atoms with Gasteiger partial charge in [-0.05, 0) is 76.7 Å². The molecule has 0 aliphatic heterocycles. The van der Waals surface area contributed by atoms with E-state index in [0.717, 1.165) is 29.7 Å². The van der Waals surface area contributed by atoms with Crippen LogP contribution in [-0.2, 0) is 6.42 Å². The molecule has 2 aromatic carbocycles. The first-order valence-electron chi connectivity index (χ1n) is 6.58. The molecular weight excluding hydrogens is 321 g/mol. The van der Waals surface area contributed by atoms with E-state index in [-0.39, 0.29) is 11.9 Å². The van der Waals surface area contributed by atoms with Gasteiger partial charge >= 0.3 is 0 Å². The molecular formula is C16H15BrFNO. The van der Waals surface area contributed by atoms with E-state index in [1.165, 1.54) is 11.6 Å². The average Bonchev–Trinajstić information content (AvgIpc) is 2.78. The second-order valence-corrected chi connectivity index (χ2v) is 6.05. The van der Waals surface area contributed by atoms with Crippen molar-refractivity contribution in [1.82, 2.24) is 0 Å². The predicted molar refractivity (Wildman–Crippen MR) is 81.6 cm³/mol. The summed E-state index contributed by atoms with van der Waals surface area (Å²) in [7, 11) is 0. The Morgan fingerprint density at radius 3 is 2.90 bits per heavy atom. The highest BCUT2D eigenvalue weighted by Gasteiger charge is 2.23. The van der Waals surface area contributed by atoms with Gasteiger partial charge < -0.3 is 10.4 Å². The smallest absolute Gasteiger partial charge is 0.139 e. The molecule has 0 spiro atoms. The van der Waals surface area contributed by atoms with Gasteiger partial charge in [0.15, 0.2) is 0 Å². The number of benzene rings is 2. The van der Waals surface area contributed by atoms with Crippen molar-refractivity contribution in [3.63, 3.8) is 0 Å². The molecule has 2 aromatic rings. The Morgan fingerprint density at radius 1 is 1.30 bits per heavy atom. The Balaban J connectivity index is 1.89. The Labute approximate surface area is 125 Å². The van der Waals surface area contributed by atoms with Gasteiger partial charge in [0.2, 0.25) is 0 Å². The zero-order valence-electron chi connectivity index (χ0n) is 11.1. The molecule has 0 amide bonds. The number of phenolic OH excluding ortho intramolecular Hbond substituents is 1. The summed E-state index contributed by atoms with van der Waals surface area (Å²) in [5, 5.41) is 12.9. The van der Waals surface area contributed by atoms with Crippen molar-refractivity contribution in [2.45, 2.75) is 25.8 Å². The molecule has 2 N–H and O–H groups in total. The molecule has 3 rings (SSSR count). The van der Waals surface area contributed by atoms with Gasteiger partial charge in [0.1, 0.15) is 11.6 Å². The van der Waals surface area contributed by atoms with Crippen LogP contribution < -0.4 is 5.32 Å². The molecule has 0 aromatic heterocycles. The SMILES string of the molecule is Cc1cc(Br)c(F)cc1NC1CCc2cc(O)ccc21. The Kier molecular flexibility index (Phi) is 3.42. The fourth-order valence-electron chi connectivity index (χ4n) is 2.74. The second kappa shape index (κ2) is 5.09. The highest BCUT2D eigenvalue weighted by atomic mass is 79.9. The standard InChI is InChI=1S/C16H15BrFNO/c1-9-6-13(17)14(18)8-16(9)19-15-5-2-10-7-11(20)3-4-12(10)15/h3-4,6-8,15,19-20H,2,5H2,1H3. The van der Waals surface area contributed by atoms with Gasteiger partial charge in [0, 0.05) is 5.69 Å². The minimum absolute atomic E-state index is 0.171. The molecule has 1 aliphatic rings. The number of nitrogens with one attached hydrogen (secondary N) is 1. The second-order valence-electron chi connectivity index (χ2n) is 5.20. The molecule has 0 bridgehead atoms. The summed E-state index contributed by atoms with van der Waals surface area (Å²) >= 11 is 3.20. The number of hydrogen-bond acceptors (Lipinski definition) is 2. The lowest BCUT2D eigenvalue weighted by Gasteiger charge is -2.18. The van der Waals surface area contributed by atoms with Crippen LogP contribution in [0, 0.1) is 12.7 Å². The molecule has 0 radical (unpaired) electrons. The van der Waals surface area contributed by atoms with Crippen LogP contribution in [0.1, 0.15) is 29.2 Å². The van der Waals surface area contributed by atoms with Gasteiger partial charge in [-0.3, -0.25) is 0 Å². The molecule has 104 valence electrons. The van der Waals surface area contributed by atoms with E-state index in [4.69, 9.17) is 0 Å². The van der Waals surface area contributed by atoms with Crippen molar-refractivity contribution in [3.8, 4) is 5.75 Å². The van der Waals surface area contributed by atoms with Crippen LogP contribution in [0.3, 0.4) is 0 Å². The normalized spacial score (nSPS) is 17.1. The number of phenols is 1. The number of fused-ring (bicyclic) bond motifs is 1. The van der Waals surface area contributed by atoms with E-state index in [2.05, 4.69) is 21.2 Å². The van der Waals surface area contributed by atoms with Crippen LogP contribution in [0.15, 0.2) is 34.8 Å². The fraction of sp³-hybridized carbons (Fsp3) is 0.250. The van der Waals surface area contributed by atoms with Crippen molar-refractivity contribution in [2.75, 3.05) is 5.32 Å². The van der Waals surface area contributed by atoms with Gasteiger partial charge in [-0.25, -0.2) is 4.39 Å². The van der Waals surface area contributed by atoms with Crippen LogP contribution in [0.2, 0.25) is 0 Å². The van der Waals surface area contributed by atoms with Gasteiger partial charge in [-0.1, -0.05) is 6.07 Å². The Morgan fingerprint density at radius 2 is 2.10 bits per heavy atom.